The molecule has 0 saturated carbocycles. The zero-order valence-corrected chi connectivity index (χ0v) is 15.5. The number of aromatic nitrogens is 2. The van der Waals surface area contributed by atoms with Crippen LogP contribution >= 0.6 is 22.9 Å². The molecular weight excluding hydrogens is 338 g/mol. The van der Waals surface area contributed by atoms with Crippen LogP contribution in [0.2, 0.25) is 5.28 Å². The SMILES string of the molecule is CC(C)c1ccc(Nc2nc(Cl)nc3sc4c(c23)CCCC4)cc1. The van der Waals surface area contributed by atoms with E-state index in [1.165, 1.54) is 28.8 Å². The third-order valence-corrected chi connectivity index (χ3v) is 5.98. The fourth-order valence-corrected chi connectivity index (χ4v) is 4.79. The predicted molar refractivity (Wildman–Crippen MR) is 103 cm³/mol. The van der Waals surface area contributed by atoms with Gasteiger partial charge in [-0.25, -0.2) is 4.98 Å². The predicted octanol–water partition coefficient (Wildman–Crippen LogP) is 6.09. The van der Waals surface area contributed by atoms with Crippen LogP contribution in [-0.2, 0) is 12.8 Å². The fourth-order valence-electron chi connectivity index (χ4n) is 3.31. The molecule has 3 aromatic rings. The van der Waals surface area contributed by atoms with Gasteiger partial charge < -0.3 is 5.32 Å². The molecule has 0 spiro atoms. The number of benzene rings is 1. The van der Waals surface area contributed by atoms with Crippen molar-refractivity contribution < 1.29 is 0 Å². The maximum absolute atomic E-state index is 6.16. The van der Waals surface area contributed by atoms with Crippen molar-refractivity contribution in [2.24, 2.45) is 0 Å². The summed E-state index contributed by atoms with van der Waals surface area (Å²) >= 11 is 7.93. The van der Waals surface area contributed by atoms with E-state index in [4.69, 9.17) is 11.6 Å². The van der Waals surface area contributed by atoms with Gasteiger partial charge in [-0.05, 0) is 66.5 Å². The Morgan fingerprint density at radius 1 is 1.08 bits per heavy atom. The quantitative estimate of drug-likeness (QED) is 0.576. The number of fused-ring (bicyclic) bond motifs is 3. The minimum atomic E-state index is 0.308. The summed E-state index contributed by atoms with van der Waals surface area (Å²) in [6.07, 6.45) is 4.77. The highest BCUT2D eigenvalue weighted by molar-refractivity contribution is 7.19. The van der Waals surface area contributed by atoms with E-state index in [-0.39, 0.29) is 0 Å². The third-order valence-electron chi connectivity index (χ3n) is 4.63. The highest BCUT2D eigenvalue weighted by atomic mass is 35.5. The number of hydrogen-bond acceptors (Lipinski definition) is 4. The second-order valence-electron chi connectivity index (χ2n) is 6.63. The van der Waals surface area contributed by atoms with E-state index in [1.807, 2.05) is 0 Å². The number of nitrogens with zero attached hydrogens (tertiary/aromatic N) is 2. The van der Waals surface area contributed by atoms with Crippen LogP contribution in [0.25, 0.3) is 10.2 Å². The average Bonchev–Trinajstić information content (AvgIpc) is 2.93. The molecule has 124 valence electrons. The van der Waals surface area contributed by atoms with Gasteiger partial charge in [0.05, 0.1) is 5.39 Å². The summed E-state index contributed by atoms with van der Waals surface area (Å²) in [7, 11) is 0. The van der Waals surface area contributed by atoms with Crippen molar-refractivity contribution in [3.8, 4) is 0 Å². The molecule has 0 bridgehead atoms. The number of halogens is 1. The Bertz CT molecular complexity index is 884. The summed E-state index contributed by atoms with van der Waals surface area (Å²) in [5.74, 6) is 1.37. The molecule has 3 nitrogen and oxygen atoms in total. The van der Waals surface area contributed by atoms with Crippen molar-refractivity contribution in [3.05, 3.63) is 45.6 Å². The molecule has 5 heteroatoms. The van der Waals surface area contributed by atoms with Gasteiger partial charge in [0.1, 0.15) is 10.6 Å². The average molecular weight is 358 g/mol. The number of rotatable bonds is 3. The lowest BCUT2D eigenvalue weighted by molar-refractivity contribution is 0.700. The van der Waals surface area contributed by atoms with Crippen LogP contribution in [0.5, 0.6) is 0 Å². The number of nitrogens with one attached hydrogen (secondary N) is 1. The van der Waals surface area contributed by atoms with Gasteiger partial charge in [-0.1, -0.05) is 26.0 Å². The first-order chi connectivity index (χ1) is 11.6. The normalized spacial score (nSPS) is 14.2. The minimum absolute atomic E-state index is 0.308. The maximum atomic E-state index is 6.16. The molecule has 1 aliphatic carbocycles. The van der Waals surface area contributed by atoms with E-state index in [0.717, 1.165) is 34.6 Å². The second kappa shape index (κ2) is 6.34. The largest absolute Gasteiger partial charge is 0.340 e. The van der Waals surface area contributed by atoms with Gasteiger partial charge in [0.15, 0.2) is 0 Å². The Morgan fingerprint density at radius 3 is 2.58 bits per heavy atom. The maximum Gasteiger partial charge on any atom is 0.225 e. The van der Waals surface area contributed by atoms with E-state index in [1.54, 1.807) is 11.3 Å². The smallest absolute Gasteiger partial charge is 0.225 e. The molecule has 0 aliphatic heterocycles. The van der Waals surface area contributed by atoms with Crippen molar-refractivity contribution in [2.75, 3.05) is 5.32 Å². The third kappa shape index (κ3) is 2.89. The van der Waals surface area contributed by atoms with E-state index < -0.39 is 0 Å². The van der Waals surface area contributed by atoms with Crippen LogP contribution in [0, 0.1) is 0 Å². The van der Waals surface area contributed by atoms with E-state index in [2.05, 4.69) is 53.4 Å². The van der Waals surface area contributed by atoms with Crippen LogP contribution in [0.15, 0.2) is 24.3 Å². The second-order valence-corrected chi connectivity index (χ2v) is 8.06. The fraction of sp³-hybridized carbons (Fsp3) is 0.368. The molecule has 0 unspecified atom stereocenters. The lowest BCUT2D eigenvalue weighted by Gasteiger charge is -2.13. The molecule has 0 saturated heterocycles. The van der Waals surface area contributed by atoms with Crippen molar-refractivity contribution >= 4 is 44.7 Å². The Morgan fingerprint density at radius 2 is 1.83 bits per heavy atom. The topological polar surface area (TPSA) is 37.8 Å². The van der Waals surface area contributed by atoms with E-state index in [9.17, 15) is 0 Å². The van der Waals surface area contributed by atoms with Crippen molar-refractivity contribution in [1.82, 2.24) is 9.97 Å². The summed E-state index contributed by atoms with van der Waals surface area (Å²) in [6.45, 7) is 4.40. The molecule has 24 heavy (non-hydrogen) atoms. The monoisotopic (exact) mass is 357 g/mol. The number of hydrogen-bond donors (Lipinski definition) is 1. The van der Waals surface area contributed by atoms with Gasteiger partial charge >= 0.3 is 0 Å². The Kier molecular flexibility index (Phi) is 4.19. The summed E-state index contributed by atoms with van der Waals surface area (Å²) in [4.78, 5) is 11.4. The molecular formula is C19H20ClN3S. The first kappa shape index (κ1) is 15.9. The lowest BCUT2D eigenvalue weighted by Crippen LogP contribution is -2.01. The highest BCUT2D eigenvalue weighted by Gasteiger charge is 2.21. The first-order valence-electron chi connectivity index (χ1n) is 8.46. The highest BCUT2D eigenvalue weighted by Crippen LogP contribution is 2.39. The van der Waals surface area contributed by atoms with Crippen molar-refractivity contribution in [2.45, 2.75) is 45.4 Å². The van der Waals surface area contributed by atoms with Crippen LogP contribution in [0.4, 0.5) is 11.5 Å². The van der Waals surface area contributed by atoms with Gasteiger partial charge in [-0.2, -0.15) is 4.98 Å². The molecule has 4 rings (SSSR count). The summed E-state index contributed by atoms with van der Waals surface area (Å²) in [5.41, 5.74) is 3.78. The Labute approximate surface area is 151 Å². The van der Waals surface area contributed by atoms with Gasteiger partial charge in [0.2, 0.25) is 5.28 Å². The van der Waals surface area contributed by atoms with Gasteiger partial charge in [-0.15, -0.1) is 11.3 Å². The van der Waals surface area contributed by atoms with Gasteiger partial charge in [0, 0.05) is 10.6 Å². The Balaban J connectivity index is 1.76. The number of aryl methyl sites for hydroxylation is 2. The van der Waals surface area contributed by atoms with Gasteiger partial charge in [-0.3, -0.25) is 0 Å². The molecule has 0 radical (unpaired) electrons. The first-order valence-corrected chi connectivity index (χ1v) is 9.66. The number of anilines is 2. The molecule has 2 heterocycles. The molecule has 0 atom stereocenters. The zero-order chi connectivity index (χ0) is 16.7. The molecule has 1 aromatic carbocycles. The summed E-state index contributed by atoms with van der Waals surface area (Å²) in [5, 5.41) is 4.93. The molecule has 2 aromatic heterocycles. The van der Waals surface area contributed by atoms with Crippen molar-refractivity contribution in [1.29, 1.82) is 0 Å². The minimum Gasteiger partial charge on any atom is -0.340 e. The molecule has 1 aliphatic rings. The van der Waals surface area contributed by atoms with Crippen LogP contribution in [0.1, 0.15) is 48.6 Å². The van der Waals surface area contributed by atoms with E-state index >= 15 is 0 Å². The molecule has 0 amide bonds. The molecule has 1 N–H and O–H groups in total. The standard InChI is InChI=1S/C19H20ClN3S/c1-11(2)12-7-9-13(10-8-12)21-17-16-14-5-3-4-6-15(14)24-18(16)23-19(20)22-17/h7-11H,3-6H2,1-2H3,(H,21,22,23). The van der Waals surface area contributed by atoms with E-state index in [0.29, 0.717) is 11.2 Å². The Hall–Kier alpha value is -1.65. The lowest BCUT2D eigenvalue weighted by atomic mass is 9.97. The van der Waals surface area contributed by atoms with Crippen molar-refractivity contribution in [3.63, 3.8) is 0 Å². The molecule has 0 fully saturated rings. The zero-order valence-electron chi connectivity index (χ0n) is 13.9. The summed E-state index contributed by atoms with van der Waals surface area (Å²) < 4.78 is 0. The summed E-state index contributed by atoms with van der Waals surface area (Å²) in [6, 6.07) is 8.54. The van der Waals surface area contributed by atoms with Crippen LogP contribution < -0.4 is 5.32 Å². The van der Waals surface area contributed by atoms with Crippen LogP contribution in [-0.4, -0.2) is 9.97 Å². The number of thiophene rings is 1. The van der Waals surface area contributed by atoms with Gasteiger partial charge in [0.25, 0.3) is 0 Å². The van der Waals surface area contributed by atoms with Crippen LogP contribution in [0.3, 0.4) is 0 Å².